The Bertz CT molecular complexity index is 1040. The zero-order valence-electron chi connectivity index (χ0n) is 15.7. The summed E-state index contributed by atoms with van der Waals surface area (Å²) in [6, 6.07) is 8.06. The molecule has 0 aliphatic carbocycles. The molecule has 0 unspecified atom stereocenters. The summed E-state index contributed by atoms with van der Waals surface area (Å²) in [4.78, 5) is 40.6. The molecular formula is C20H19N3O5. The summed E-state index contributed by atoms with van der Waals surface area (Å²) in [6.45, 7) is 1.94. The highest BCUT2D eigenvalue weighted by atomic mass is 16.5. The molecule has 1 aromatic carbocycles. The first-order valence-corrected chi connectivity index (χ1v) is 8.46. The minimum atomic E-state index is -0.628. The number of hydrogen-bond donors (Lipinski definition) is 1. The monoisotopic (exact) mass is 381 g/mol. The van der Waals surface area contributed by atoms with Gasteiger partial charge in [-0.25, -0.2) is 14.6 Å². The second kappa shape index (κ2) is 7.91. The molecule has 0 saturated carbocycles. The van der Waals surface area contributed by atoms with Gasteiger partial charge in [-0.3, -0.25) is 4.79 Å². The van der Waals surface area contributed by atoms with E-state index in [0.717, 1.165) is 11.2 Å². The number of nitrogens with zero attached hydrogens (tertiary/aromatic N) is 2. The van der Waals surface area contributed by atoms with Crippen molar-refractivity contribution in [1.29, 1.82) is 0 Å². The number of esters is 2. The number of benzene rings is 1. The number of ether oxygens (including phenoxy) is 2. The van der Waals surface area contributed by atoms with Crippen molar-refractivity contribution in [3.8, 4) is 0 Å². The quantitative estimate of drug-likeness (QED) is 0.682. The summed E-state index contributed by atoms with van der Waals surface area (Å²) >= 11 is 0. The van der Waals surface area contributed by atoms with E-state index < -0.39 is 11.9 Å². The van der Waals surface area contributed by atoms with E-state index in [1.54, 1.807) is 6.20 Å². The maximum Gasteiger partial charge on any atom is 0.337 e. The number of carbonyl (C=O) groups is 3. The third kappa shape index (κ3) is 4.01. The number of carbonyl (C=O) groups excluding carboxylic acids is 3. The molecule has 2 aromatic heterocycles. The maximum atomic E-state index is 12.5. The molecule has 3 aromatic rings. The number of pyridine rings is 1. The highest BCUT2D eigenvalue weighted by molar-refractivity contribution is 5.99. The van der Waals surface area contributed by atoms with Crippen molar-refractivity contribution in [3.63, 3.8) is 0 Å². The van der Waals surface area contributed by atoms with E-state index in [-0.39, 0.29) is 29.1 Å². The first kappa shape index (κ1) is 19.1. The average Bonchev–Trinajstić information content (AvgIpc) is 3.10. The number of aryl methyl sites for hydroxylation is 1. The van der Waals surface area contributed by atoms with Gasteiger partial charge in [0.2, 0.25) is 5.91 Å². The van der Waals surface area contributed by atoms with Crippen molar-refractivity contribution in [2.45, 2.75) is 13.3 Å². The molecule has 0 fully saturated rings. The van der Waals surface area contributed by atoms with Crippen molar-refractivity contribution in [2.24, 2.45) is 0 Å². The fraction of sp³-hybridized carbons (Fsp3) is 0.200. The standard InChI is InChI=1S/C20H19N3O5/c1-12-5-4-6-23-11-16(22-18(12)23)10-17(24)21-15-8-13(19(25)27-2)7-14(9-15)20(26)28-3/h4-9,11H,10H2,1-3H3,(H,21,24). The normalized spacial score (nSPS) is 10.5. The first-order valence-electron chi connectivity index (χ1n) is 8.46. The molecule has 0 saturated heterocycles. The van der Waals surface area contributed by atoms with Gasteiger partial charge in [0.25, 0.3) is 0 Å². The average molecular weight is 381 g/mol. The number of anilines is 1. The van der Waals surface area contributed by atoms with E-state index >= 15 is 0 Å². The Morgan fingerprint density at radius 2 is 1.71 bits per heavy atom. The zero-order valence-corrected chi connectivity index (χ0v) is 15.7. The van der Waals surface area contributed by atoms with Crippen LogP contribution in [0.25, 0.3) is 5.65 Å². The van der Waals surface area contributed by atoms with Crippen LogP contribution < -0.4 is 5.32 Å². The van der Waals surface area contributed by atoms with Crippen LogP contribution in [0.5, 0.6) is 0 Å². The van der Waals surface area contributed by atoms with Crippen LogP contribution in [0.4, 0.5) is 5.69 Å². The van der Waals surface area contributed by atoms with Crippen LogP contribution in [0.2, 0.25) is 0 Å². The van der Waals surface area contributed by atoms with Crippen LogP contribution in [0, 0.1) is 6.92 Å². The number of amides is 1. The minimum absolute atomic E-state index is 0.0388. The summed E-state index contributed by atoms with van der Waals surface area (Å²) in [5.74, 6) is -1.59. The van der Waals surface area contributed by atoms with Gasteiger partial charge in [-0.1, -0.05) is 6.07 Å². The van der Waals surface area contributed by atoms with Crippen LogP contribution >= 0.6 is 0 Å². The van der Waals surface area contributed by atoms with Gasteiger partial charge in [-0.2, -0.15) is 0 Å². The van der Waals surface area contributed by atoms with Crippen LogP contribution in [-0.4, -0.2) is 41.5 Å². The maximum absolute atomic E-state index is 12.5. The van der Waals surface area contributed by atoms with Gasteiger partial charge in [0.15, 0.2) is 0 Å². The molecule has 1 N–H and O–H groups in total. The Labute approximate surface area is 161 Å². The first-order chi connectivity index (χ1) is 13.4. The molecule has 8 heteroatoms. The van der Waals surface area contributed by atoms with E-state index in [1.165, 1.54) is 32.4 Å². The summed E-state index contributed by atoms with van der Waals surface area (Å²) in [6.07, 6.45) is 3.68. The third-order valence-electron chi connectivity index (χ3n) is 4.13. The molecule has 8 nitrogen and oxygen atoms in total. The van der Waals surface area contributed by atoms with E-state index in [9.17, 15) is 14.4 Å². The van der Waals surface area contributed by atoms with Crippen molar-refractivity contribution in [3.05, 3.63) is 65.1 Å². The molecule has 0 atom stereocenters. The Kier molecular flexibility index (Phi) is 5.39. The number of rotatable bonds is 5. The third-order valence-corrected chi connectivity index (χ3v) is 4.13. The van der Waals surface area contributed by atoms with E-state index in [4.69, 9.17) is 0 Å². The van der Waals surface area contributed by atoms with E-state index in [0.29, 0.717) is 5.69 Å². The van der Waals surface area contributed by atoms with Gasteiger partial charge >= 0.3 is 11.9 Å². The second-order valence-electron chi connectivity index (χ2n) is 6.16. The van der Waals surface area contributed by atoms with Gasteiger partial charge < -0.3 is 19.2 Å². The molecule has 0 radical (unpaired) electrons. The SMILES string of the molecule is COC(=O)c1cc(NC(=O)Cc2cn3cccc(C)c3n2)cc(C(=O)OC)c1. The Balaban J connectivity index is 1.82. The molecule has 2 heterocycles. The number of fused-ring (bicyclic) bond motifs is 1. The molecule has 0 bridgehead atoms. The van der Waals surface area contributed by atoms with E-state index in [2.05, 4.69) is 19.8 Å². The topological polar surface area (TPSA) is 99.0 Å². The fourth-order valence-electron chi connectivity index (χ4n) is 2.83. The summed E-state index contributed by atoms with van der Waals surface area (Å²) in [7, 11) is 2.47. The fourth-order valence-corrected chi connectivity index (χ4v) is 2.83. The van der Waals surface area contributed by atoms with Crippen LogP contribution in [0.3, 0.4) is 0 Å². The lowest BCUT2D eigenvalue weighted by molar-refractivity contribution is -0.115. The molecule has 0 spiro atoms. The number of hydrogen-bond acceptors (Lipinski definition) is 6. The van der Waals surface area contributed by atoms with Crippen molar-refractivity contribution < 1.29 is 23.9 Å². The molecule has 144 valence electrons. The number of aromatic nitrogens is 2. The molecule has 0 aliphatic rings. The summed E-state index contributed by atoms with van der Waals surface area (Å²) in [5.41, 5.74) is 2.93. The lowest BCUT2D eigenvalue weighted by Crippen LogP contribution is -2.16. The van der Waals surface area contributed by atoms with Gasteiger partial charge in [-0.05, 0) is 36.8 Å². The number of nitrogens with one attached hydrogen (secondary N) is 1. The predicted molar refractivity (Wildman–Crippen MR) is 101 cm³/mol. The van der Waals surface area contributed by atoms with Gasteiger partial charge in [0.1, 0.15) is 5.65 Å². The van der Waals surface area contributed by atoms with Gasteiger partial charge in [0, 0.05) is 18.1 Å². The van der Waals surface area contributed by atoms with Crippen LogP contribution in [-0.2, 0) is 20.7 Å². The molecule has 1 amide bonds. The highest BCUT2D eigenvalue weighted by Gasteiger charge is 2.16. The zero-order chi connectivity index (χ0) is 20.3. The minimum Gasteiger partial charge on any atom is -0.465 e. The lowest BCUT2D eigenvalue weighted by atomic mass is 10.1. The van der Waals surface area contributed by atoms with Crippen LogP contribution in [0.15, 0.2) is 42.7 Å². The number of methoxy groups -OCH3 is 2. The predicted octanol–water partition coefficient (Wildman–Crippen LogP) is 2.40. The Hall–Kier alpha value is -3.68. The van der Waals surface area contributed by atoms with Crippen molar-refractivity contribution in [1.82, 2.24) is 9.38 Å². The van der Waals surface area contributed by atoms with Crippen LogP contribution in [0.1, 0.15) is 32.0 Å². The molecule has 3 rings (SSSR count). The molecular weight excluding hydrogens is 362 g/mol. The molecule has 0 aliphatic heterocycles. The Morgan fingerprint density at radius 1 is 1.07 bits per heavy atom. The lowest BCUT2D eigenvalue weighted by Gasteiger charge is -2.09. The highest BCUT2D eigenvalue weighted by Crippen LogP contribution is 2.18. The number of imidazole rings is 1. The summed E-state index contributed by atoms with van der Waals surface area (Å²) in [5, 5.41) is 2.68. The smallest absolute Gasteiger partial charge is 0.337 e. The largest absolute Gasteiger partial charge is 0.465 e. The second-order valence-corrected chi connectivity index (χ2v) is 6.16. The summed E-state index contributed by atoms with van der Waals surface area (Å²) < 4.78 is 11.2. The van der Waals surface area contributed by atoms with E-state index in [1.807, 2.05) is 29.7 Å². The molecule has 28 heavy (non-hydrogen) atoms. The van der Waals surface area contributed by atoms with Crippen molar-refractivity contribution >= 4 is 29.2 Å². The van der Waals surface area contributed by atoms with Gasteiger partial charge in [-0.15, -0.1) is 0 Å². The van der Waals surface area contributed by atoms with Crippen molar-refractivity contribution in [2.75, 3.05) is 19.5 Å². The van der Waals surface area contributed by atoms with Gasteiger partial charge in [0.05, 0.1) is 37.5 Å². The Morgan fingerprint density at radius 3 is 2.29 bits per heavy atom.